The van der Waals surface area contributed by atoms with E-state index in [0.29, 0.717) is 28.1 Å². The van der Waals surface area contributed by atoms with Crippen molar-refractivity contribution in [2.45, 2.75) is 32.6 Å². The van der Waals surface area contributed by atoms with Gasteiger partial charge in [-0.25, -0.2) is 5.06 Å². The molecule has 0 radical (unpaired) electrons. The summed E-state index contributed by atoms with van der Waals surface area (Å²) in [6.45, 7) is 1.87. The first-order chi connectivity index (χ1) is 12.9. The van der Waals surface area contributed by atoms with Crippen LogP contribution in [0.25, 0.3) is 11.0 Å². The zero-order valence-corrected chi connectivity index (χ0v) is 15.1. The highest BCUT2D eigenvalue weighted by molar-refractivity contribution is 5.97. The normalized spacial score (nSPS) is 11.8. The molecule has 5 N–H and O–H groups in total. The molecule has 9 nitrogen and oxygen atoms in total. The fourth-order valence-electron chi connectivity index (χ4n) is 2.67. The van der Waals surface area contributed by atoms with Crippen LogP contribution in [0, 0.1) is 5.92 Å². The molecule has 1 heterocycles. The van der Waals surface area contributed by atoms with Gasteiger partial charge in [-0.3, -0.25) is 30.4 Å². The summed E-state index contributed by atoms with van der Waals surface area (Å²) in [4.78, 5) is 35.1. The number of rotatable bonds is 9. The van der Waals surface area contributed by atoms with Crippen molar-refractivity contribution in [2.75, 3.05) is 12.3 Å². The highest BCUT2D eigenvalue weighted by Crippen LogP contribution is 2.21. The van der Waals surface area contributed by atoms with E-state index in [4.69, 9.17) is 10.2 Å². The second-order valence-electron chi connectivity index (χ2n) is 6.27. The van der Waals surface area contributed by atoms with Crippen molar-refractivity contribution in [2.24, 2.45) is 5.92 Å². The molecule has 1 aromatic carbocycles. The van der Waals surface area contributed by atoms with Crippen LogP contribution in [0.5, 0.6) is 0 Å². The third-order valence-electron chi connectivity index (χ3n) is 4.12. The number of hydrazine groups is 1. The number of furan rings is 1. The van der Waals surface area contributed by atoms with Crippen molar-refractivity contribution in [3.63, 3.8) is 0 Å². The Morgan fingerprint density at radius 1 is 1.30 bits per heavy atom. The summed E-state index contributed by atoms with van der Waals surface area (Å²) in [5, 5.41) is 10.5. The molecule has 2 rings (SSSR count). The molecule has 1 atom stereocenters. The molecule has 1 aromatic heterocycles. The van der Waals surface area contributed by atoms with Gasteiger partial charge in [0.15, 0.2) is 5.76 Å². The number of carbonyl (C=O) groups is 3. The molecule has 0 saturated heterocycles. The van der Waals surface area contributed by atoms with Crippen LogP contribution in [0.2, 0.25) is 0 Å². The van der Waals surface area contributed by atoms with Crippen LogP contribution in [-0.4, -0.2) is 35.0 Å². The molecule has 2 aromatic rings. The lowest BCUT2D eigenvalue weighted by Gasteiger charge is -2.19. The molecule has 0 saturated carbocycles. The van der Waals surface area contributed by atoms with E-state index in [-0.39, 0.29) is 18.7 Å². The summed E-state index contributed by atoms with van der Waals surface area (Å²) in [5.74, 6) is -1.75. The maximum Gasteiger partial charge on any atom is 0.305 e. The van der Waals surface area contributed by atoms with E-state index in [2.05, 4.69) is 10.9 Å². The Bertz CT molecular complexity index is 804. The van der Waals surface area contributed by atoms with Crippen LogP contribution in [-0.2, 0) is 9.59 Å². The minimum Gasteiger partial charge on any atom is -0.451 e. The van der Waals surface area contributed by atoms with Crippen LogP contribution < -0.4 is 16.6 Å². The highest BCUT2D eigenvalue weighted by atomic mass is 16.5. The smallest absolute Gasteiger partial charge is 0.305 e. The molecule has 0 aliphatic carbocycles. The molecule has 0 aliphatic heterocycles. The molecule has 27 heavy (non-hydrogen) atoms. The highest BCUT2D eigenvalue weighted by Gasteiger charge is 2.22. The molecule has 146 valence electrons. The lowest BCUT2D eigenvalue weighted by Crippen LogP contribution is -2.46. The second kappa shape index (κ2) is 9.58. The van der Waals surface area contributed by atoms with Gasteiger partial charge in [-0.15, -0.1) is 0 Å². The molecule has 0 fully saturated rings. The Morgan fingerprint density at radius 3 is 2.78 bits per heavy atom. The van der Waals surface area contributed by atoms with Crippen LogP contribution in [0.1, 0.15) is 43.2 Å². The van der Waals surface area contributed by atoms with E-state index in [1.165, 1.54) is 6.07 Å². The van der Waals surface area contributed by atoms with Crippen molar-refractivity contribution in [3.05, 3.63) is 30.0 Å². The van der Waals surface area contributed by atoms with Gasteiger partial charge in [-0.05, 0) is 30.7 Å². The van der Waals surface area contributed by atoms with Crippen molar-refractivity contribution in [3.8, 4) is 0 Å². The van der Waals surface area contributed by atoms with E-state index >= 15 is 0 Å². The van der Waals surface area contributed by atoms with Crippen molar-refractivity contribution < 1.29 is 24.0 Å². The lowest BCUT2D eigenvalue weighted by molar-refractivity contribution is -0.154. The van der Waals surface area contributed by atoms with Gasteiger partial charge in [-0.1, -0.05) is 26.2 Å². The van der Waals surface area contributed by atoms with Crippen LogP contribution in [0.4, 0.5) is 5.69 Å². The summed E-state index contributed by atoms with van der Waals surface area (Å²) in [7, 11) is 0. The van der Waals surface area contributed by atoms with Crippen molar-refractivity contribution in [1.29, 1.82) is 0 Å². The van der Waals surface area contributed by atoms with Gasteiger partial charge < -0.3 is 10.2 Å². The number of nitrogens with one attached hydrogen (secondary N) is 2. The molecule has 0 spiro atoms. The van der Waals surface area contributed by atoms with Crippen LogP contribution >= 0.6 is 0 Å². The molecular weight excluding hydrogens is 352 g/mol. The van der Waals surface area contributed by atoms with E-state index in [1.54, 1.807) is 18.2 Å². The van der Waals surface area contributed by atoms with Gasteiger partial charge in [0.1, 0.15) is 5.58 Å². The molecule has 9 heteroatoms. The predicted molar refractivity (Wildman–Crippen MR) is 98.4 cm³/mol. The Morgan fingerprint density at radius 2 is 2.07 bits per heavy atom. The van der Waals surface area contributed by atoms with Crippen molar-refractivity contribution in [1.82, 2.24) is 15.9 Å². The number of nitrogens with zero attached hydrogens (tertiary/aromatic N) is 1. The van der Waals surface area contributed by atoms with Gasteiger partial charge >= 0.3 is 5.91 Å². The Hall–Kier alpha value is -3.07. The first-order valence-corrected chi connectivity index (χ1v) is 8.74. The molecule has 0 unspecified atom stereocenters. The number of hydrogen-bond acceptors (Lipinski definition) is 6. The van der Waals surface area contributed by atoms with Gasteiger partial charge in [0.25, 0.3) is 0 Å². The number of nitrogen functional groups attached to an aromatic ring is 1. The summed E-state index contributed by atoms with van der Waals surface area (Å²) in [6, 6.07) is 6.50. The van der Waals surface area contributed by atoms with Gasteiger partial charge in [-0.2, -0.15) is 0 Å². The van der Waals surface area contributed by atoms with E-state index in [0.717, 1.165) is 19.3 Å². The number of hydrogen-bond donors (Lipinski definition) is 4. The molecule has 3 amide bonds. The second-order valence-corrected chi connectivity index (χ2v) is 6.27. The molecule has 0 bridgehead atoms. The first-order valence-electron chi connectivity index (χ1n) is 8.74. The number of amides is 3. The molecule has 0 aliphatic rings. The van der Waals surface area contributed by atoms with Crippen LogP contribution in [0.3, 0.4) is 0 Å². The quantitative estimate of drug-likeness (QED) is 0.173. The zero-order valence-electron chi connectivity index (χ0n) is 15.1. The Kier molecular flexibility index (Phi) is 7.18. The monoisotopic (exact) mass is 376 g/mol. The summed E-state index contributed by atoms with van der Waals surface area (Å²) < 4.78 is 5.43. The fraction of sp³-hybridized carbons (Fsp3) is 0.389. The largest absolute Gasteiger partial charge is 0.451 e. The van der Waals surface area contributed by atoms with E-state index in [1.807, 2.05) is 6.92 Å². The van der Waals surface area contributed by atoms with Crippen molar-refractivity contribution >= 4 is 34.9 Å². The minimum atomic E-state index is -0.650. The SMILES string of the molecule is CCCCC[C@H](CN(O)C=O)C(=O)NNC(=O)c1cc2cc(N)ccc2o1. The lowest BCUT2D eigenvalue weighted by atomic mass is 10.0. The maximum atomic E-state index is 12.3. The van der Waals surface area contributed by atoms with E-state index in [9.17, 15) is 19.6 Å². The number of unbranched alkanes of at least 4 members (excludes halogenated alkanes) is 2. The fourth-order valence-corrected chi connectivity index (χ4v) is 2.67. The number of hydroxylamine groups is 2. The summed E-state index contributed by atoms with van der Waals surface area (Å²) in [6.07, 6.45) is 3.37. The number of benzene rings is 1. The van der Waals surface area contributed by atoms with E-state index < -0.39 is 17.7 Å². The van der Waals surface area contributed by atoms with Crippen LogP contribution in [0.15, 0.2) is 28.7 Å². The zero-order chi connectivity index (χ0) is 19.8. The molecular formula is C18H24N4O5. The number of fused-ring (bicyclic) bond motifs is 1. The number of nitrogens with two attached hydrogens (primary N) is 1. The summed E-state index contributed by atoms with van der Waals surface area (Å²) in [5.41, 5.74) is 11.3. The van der Waals surface area contributed by atoms with Gasteiger partial charge in [0.05, 0.1) is 12.5 Å². The van der Waals surface area contributed by atoms with Gasteiger partial charge in [0.2, 0.25) is 12.3 Å². The number of carbonyl (C=O) groups excluding carboxylic acids is 3. The average Bonchev–Trinajstić information content (AvgIpc) is 3.08. The Balaban J connectivity index is 1.96. The topological polar surface area (TPSA) is 138 Å². The Labute approximate surface area is 156 Å². The predicted octanol–water partition coefficient (Wildman–Crippen LogP) is 1.82. The average molecular weight is 376 g/mol. The maximum absolute atomic E-state index is 12.3. The summed E-state index contributed by atoms with van der Waals surface area (Å²) >= 11 is 0. The van der Waals surface area contributed by atoms with Gasteiger partial charge in [0, 0.05) is 11.1 Å². The first kappa shape index (κ1) is 20.2. The number of anilines is 1. The third-order valence-corrected chi connectivity index (χ3v) is 4.12. The minimum absolute atomic E-state index is 0.0232. The standard InChI is InChI=1S/C18H24N4O5/c1-2-3-4-5-12(10-22(26)11-23)17(24)20-21-18(25)16-9-13-8-14(19)6-7-15(13)27-16/h6-9,11-12,26H,2-5,10,19H2,1H3,(H,20,24)(H,21,25)/t12-/m1/s1. The third kappa shape index (κ3) is 5.71.